The van der Waals surface area contributed by atoms with Gasteiger partial charge in [0.15, 0.2) is 0 Å². The molecule has 0 radical (unpaired) electrons. The van der Waals surface area contributed by atoms with E-state index in [0.29, 0.717) is 11.1 Å². The molecule has 0 aliphatic carbocycles. The van der Waals surface area contributed by atoms with Gasteiger partial charge in [-0.15, -0.1) is 0 Å². The largest absolute Gasteiger partial charge is 0.445 e. The van der Waals surface area contributed by atoms with Crippen LogP contribution in [0.5, 0.6) is 0 Å². The van der Waals surface area contributed by atoms with Crippen molar-refractivity contribution in [3.63, 3.8) is 0 Å². The molecule has 1 aromatic heterocycles. The quantitative estimate of drug-likeness (QED) is 0.164. The van der Waals surface area contributed by atoms with Gasteiger partial charge in [0.2, 0.25) is 5.91 Å². The molecule has 9 heteroatoms. The van der Waals surface area contributed by atoms with Crippen molar-refractivity contribution in [2.45, 2.75) is 38.1 Å². The van der Waals surface area contributed by atoms with Crippen LogP contribution in [0.4, 0.5) is 9.59 Å². The van der Waals surface area contributed by atoms with E-state index in [2.05, 4.69) is 10.6 Å². The number of carbonyl (C=O) groups is 3. The second-order valence-electron chi connectivity index (χ2n) is 11.1. The zero-order chi connectivity index (χ0) is 32.4. The summed E-state index contributed by atoms with van der Waals surface area (Å²) in [6.07, 6.45) is 0.289. The summed E-state index contributed by atoms with van der Waals surface area (Å²) in [6.45, 7) is 1.82. The van der Waals surface area contributed by atoms with E-state index < -0.39 is 23.6 Å². The minimum absolute atomic E-state index is 0.00585. The Bertz CT molecular complexity index is 1760. The molecule has 5 aromatic rings. The number of hydrogen-bond acceptors (Lipinski definition) is 6. The fraction of sp³-hybridized carbons (Fsp3) is 0.216. The summed E-state index contributed by atoms with van der Waals surface area (Å²) in [4.78, 5) is 40.9. The van der Waals surface area contributed by atoms with Crippen LogP contribution in [-0.2, 0) is 38.6 Å². The van der Waals surface area contributed by atoms with Crippen LogP contribution in [0.25, 0.3) is 10.9 Å². The second kappa shape index (κ2) is 15.0. The number of aromatic nitrogens is 1. The summed E-state index contributed by atoms with van der Waals surface area (Å²) in [5, 5.41) is 6.61. The van der Waals surface area contributed by atoms with E-state index in [-0.39, 0.29) is 32.3 Å². The number of amides is 2. The third-order valence-corrected chi connectivity index (χ3v) is 7.72. The molecular weight excluding hydrogens is 582 g/mol. The molecule has 0 aliphatic heterocycles. The highest BCUT2D eigenvalue weighted by atomic mass is 16.6. The van der Waals surface area contributed by atoms with Gasteiger partial charge in [-0.3, -0.25) is 9.36 Å². The molecule has 2 N–H and O–H groups in total. The number of nitrogens with one attached hydrogen (secondary N) is 2. The zero-order valence-corrected chi connectivity index (χ0v) is 25.8. The SMILES string of the molecule is COC[C@](Cc1cn(C(=O)OCc2ccccc2)c2ccccc12)(NC(=O)OCc1ccccc1)C(=O)N[C@@H](C)c1ccccc1. The number of nitrogens with zero attached hydrogens (tertiary/aromatic N) is 1. The van der Waals surface area contributed by atoms with Crippen LogP contribution in [-0.4, -0.2) is 41.9 Å². The predicted octanol–water partition coefficient (Wildman–Crippen LogP) is 6.56. The zero-order valence-electron chi connectivity index (χ0n) is 25.8. The first-order chi connectivity index (χ1) is 22.4. The lowest BCUT2D eigenvalue weighted by Crippen LogP contribution is -2.63. The first kappa shape index (κ1) is 32.0. The molecule has 9 nitrogen and oxygen atoms in total. The van der Waals surface area contributed by atoms with Gasteiger partial charge in [-0.25, -0.2) is 9.59 Å². The Morgan fingerprint density at radius 2 is 1.33 bits per heavy atom. The third kappa shape index (κ3) is 7.80. The summed E-state index contributed by atoms with van der Waals surface area (Å²) >= 11 is 0. The fourth-order valence-corrected chi connectivity index (χ4v) is 5.35. The molecule has 0 fully saturated rings. The van der Waals surface area contributed by atoms with Crippen LogP contribution in [0, 0.1) is 0 Å². The molecule has 0 unspecified atom stereocenters. The number of fused-ring (bicyclic) bond motifs is 1. The molecule has 0 aliphatic rings. The Labute approximate surface area is 268 Å². The number of ether oxygens (including phenoxy) is 3. The summed E-state index contributed by atoms with van der Waals surface area (Å²) < 4.78 is 18.2. The normalized spacial score (nSPS) is 12.9. The van der Waals surface area contributed by atoms with Crippen molar-refractivity contribution >= 4 is 29.0 Å². The van der Waals surface area contributed by atoms with Gasteiger partial charge >= 0.3 is 12.2 Å². The van der Waals surface area contributed by atoms with Gasteiger partial charge in [0.05, 0.1) is 18.2 Å². The van der Waals surface area contributed by atoms with Crippen molar-refractivity contribution < 1.29 is 28.6 Å². The van der Waals surface area contributed by atoms with Gasteiger partial charge in [-0.05, 0) is 35.2 Å². The van der Waals surface area contributed by atoms with Crippen LogP contribution in [0.2, 0.25) is 0 Å². The van der Waals surface area contributed by atoms with Crippen molar-refractivity contribution in [2.75, 3.05) is 13.7 Å². The lowest BCUT2D eigenvalue weighted by Gasteiger charge is -2.33. The smallest absolute Gasteiger partial charge is 0.418 e. The maximum Gasteiger partial charge on any atom is 0.418 e. The Morgan fingerprint density at radius 3 is 1.96 bits per heavy atom. The van der Waals surface area contributed by atoms with Gasteiger partial charge in [0, 0.05) is 25.1 Å². The van der Waals surface area contributed by atoms with E-state index >= 15 is 0 Å². The molecule has 0 saturated heterocycles. The standard InChI is InChI=1S/C37H37N3O6/c1-27(30-18-10-5-11-19-30)38-34(41)37(26-44-2,39-35(42)45-24-28-14-6-3-7-15-28)22-31-23-40(33-21-13-12-20-32(31)33)36(43)46-25-29-16-8-4-9-17-29/h3-21,23,27H,22,24-26H2,1-2H3,(H,38,41)(H,39,42)/t27-,37-/m0/s1. The van der Waals surface area contributed by atoms with E-state index in [9.17, 15) is 14.4 Å². The van der Waals surface area contributed by atoms with Gasteiger partial charge in [-0.2, -0.15) is 0 Å². The molecule has 5 rings (SSSR count). The molecule has 236 valence electrons. The summed E-state index contributed by atoms with van der Waals surface area (Å²) in [6, 6.07) is 35.2. The lowest BCUT2D eigenvalue weighted by atomic mass is 9.89. The predicted molar refractivity (Wildman–Crippen MR) is 175 cm³/mol. The number of benzene rings is 4. The van der Waals surface area contributed by atoms with Crippen molar-refractivity contribution in [3.8, 4) is 0 Å². The van der Waals surface area contributed by atoms with E-state index in [0.717, 1.165) is 22.1 Å². The molecule has 4 aromatic carbocycles. The first-order valence-electron chi connectivity index (χ1n) is 15.0. The minimum Gasteiger partial charge on any atom is -0.445 e. The van der Waals surface area contributed by atoms with Crippen LogP contribution in [0.3, 0.4) is 0 Å². The van der Waals surface area contributed by atoms with E-state index in [1.165, 1.54) is 11.7 Å². The highest BCUT2D eigenvalue weighted by Gasteiger charge is 2.42. The molecule has 0 spiro atoms. The van der Waals surface area contributed by atoms with Crippen molar-refractivity contribution in [1.29, 1.82) is 0 Å². The maximum atomic E-state index is 14.2. The van der Waals surface area contributed by atoms with Gasteiger partial charge < -0.3 is 24.8 Å². The number of methoxy groups -OCH3 is 1. The maximum absolute atomic E-state index is 14.2. The van der Waals surface area contributed by atoms with Crippen LogP contribution in [0.15, 0.2) is 121 Å². The molecule has 46 heavy (non-hydrogen) atoms. The van der Waals surface area contributed by atoms with Crippen LogP contribution < -0.4 is 10.6 Å². The van der Waals surface area contributed by atoms with Gasteiger partial charge in [0.1, 0.15) is 18.8 Å². The highest BCUT2D eigenvalue weighted by molar-refractivity contribution is 5.95. The van der Waals surface area contributed by atoms with E-state index in [4.69, 9.17) is 14.2 Å². The number of carbonyl (C=O) groups excluding carboxylic acids is 3. The second-order valence-corrected chi connectivity index (χ2v) is 11.1. The lowest BCUT2D eigenvalue weighted by molar-refractivity contribution is -0.130. The van der Waals surface area contributed by atoms with Crippen LogP contribution in [0.1, 0.15) is 35.2 Å². The highest BCUT2D eigenvalue weighted by Crippen LogP contribution is 2.27. The van der Waals surface area contributed by atoms with Gasteiger partial charge in [0.25, 0.3) is 0 Å². The Hall–Kier alpha value is -5.41. The molecule has 0 saturated carbocycles. The third-order valence-electron chi connectivity index (χ3n) is 7.72. The molecule has 2 amide bonds. The van der Waals surface area contributed by atoms with Crippen molar-refractivity contribution in [3.05, 3.63) is 144 Å². The van der Waals surface area contributed by atoms with E-state index in [1.807, 2.05) is 116 Å². The summed E-state index contributed by atoms with van der Waals surface area (Å²) in [7, 11) is 1.46. The Kier molecular flexibility index (Phi) is 10.5. The molecular formula is C37H37N3O6. The van der Waals surface area contributed by atoms with Crippen molar-refractivity contribution in [2.24, 2.45) is 0 Å². The topological polar surface area (TPSA) is 108 Å². The number of para-hydroxylation sites is 1. The average Bonchev–Trinajstić information content (AvgIpc) is 3.45. The molecule has 0 bridgehead atoms. The Balaban J connectivity index is 1.46. The summed E-state index contributed by atoms with van der Waals surface area (Å²) in [5.41, 5.74) is 2.19. The Morgan fingerprint density at radius 1 is 0.761 bits per heavy atom. The number of hydrogen-bond donors (Lipinski definition) is 2. The molecule has 1 heterocycles. The first-order valence-corrected chi connectivity index (χ1v) is 15.0. The van der Waals surface area contributed by atoms with Crippen molar-refractivity contribution in [1.82, 2.24) is 15.2 Å². The van der Waals surface area contributed by atoms with E-state index in [1.54, 1.807) is 12.3 Å². The van der Waals surface area contributed by atoms with Crippen LogP contribution >= 0.6 is 0 Å². The number of rotatable bonds is 12. The van der Waals surface area contributed by atoms with Gasteiger partial charge in [-0.1, -0.05) is 109 Å². The minimum atomic E-state index is -1.60. The fourth-order valence-electron chi connectivity index (χ4n) is 5.35. The monoisotopic (exact) mass is 619 g/mol. The molecule has 2 atom stereocenters. The summed E-state index contributed by atoms with van der Waals surface area (Å²) in [5.74, 6) is -0.467. The average molecular weight is 620 g/mol. The number of alkyl carbamates (subject to hydrolysis) is 1.